The first-order chi connectivity index (χ1) is 8.43. The van der Waals surface area contributed by atoms with Gasteiger partial charge in [0, 0.05) is 0 Å². The van der Waals surface area contributed by atoms with E-state index >= 15 is 0 Å². The maximum absolute atomic E-state index is 11.0. The minimum absolute atomic E-state index is 0.649. The van der Waals surface area contributed by atoms with Gasteiger partial charge in [0.15, 0.2) is 0 Å². The summed E-state index contributed by atoms with van der Waals surface area (Å²) in [5, 5.41) is 27.9. The first-order valence-electron chi connectivity index (χ1n) is 4.71. The van der Waals surface area contributed by atoms with Crippen molar-refractivity contribution in [3.63, 3.8) is 0 Å². The molecule has 1 rings (SSSR count). The molecule has 1 heterocycles. The molecule has 0 aliphatic carbocycles. The van der Waals surface area contributed by atoms with Crippen LogP contribution in [-0.4, -0.2) is 77.7 Å². The number of aliphatic hydroxyl groups is 3. The molecule has 1 fully saturated rings. The zero-order chi connectivity index (χ0) is 15.0. The highest BCUT2D eigenvalue weighted by Gasteiger charge is 2.48. The van der Waals surface area contributed by atoms with E-state index in [0.29, 0.717) is 0 Å². The molecule has 1 unspecified atom stereocenters. The molecule has 1 aliphatic heterocycles. The molecular formula is C6H12O11S2. The van der Waals surface area contributed by atoms with E-state index in [1.807, 2.05) is 0 Å². The van der Waals surface area contributed by atoms with E-state index in [2.05, 4.69) is 8.92 Å². The molecule has 0 bridgehead atoms. The highest BCUT2D eigenvalue weighted by Crippen LogP contribution is 2.23. The van der Waals surface area contributed by atoms with Crippen LogP contribution in [0.3, 0.4) is 0 Å². The van der Waals surface area contributed by atoms with Crippen LogP contribution in [0.2, 0.25) is 0 Å². The van der Waals surface area contributed by atoms with Gasteiger partial charge in [-0.3, -0.25) is 9.11 Å². The van der Waals surface area contributed by atoms with E-state index in [-0.39, 0.29) is 0 Å². The highest BCUT2D eigenvalue weighted by molar-refractivity contribution is 7.87. The molecule has 13 heteroatoms. The summed E-state index contributed by atoms with van der Waals surface area (Å²) in [6.07, 6.45) is -7.50. The topological polar surface area (TPSA) is 188 Å². The fourth-order valence-corrected chi connectivity index (χ4v) is 3.08. The summed E-state index contributed by atoms with van der Waals surface area (Å²) < 4.78 is 68.4. The van der Waals surface area contributed by atoms with Gasteiger partial charge in [0.2, 0.25) is 5.44 Å². The Labute approximate surface area is 108 Å². The molecule has 19 heavy (non-hydrogen) atoms. The second-order valence-electron chi connectivity index (χ2n) is 3.75. The number of aliphatic hydroxyl groups excluding tert-OH is 3. The van der Waals surface area contributed by atoms with Gasteiger partial charge in [0.05, 0.1) is 6.61 Å². The van der Waals surface area contributed by atoms with E-state index < -0.39 is 57.0 Å². The Hall–Kier alpha value is -0.380. The van der Waals surface area contributed by atoms with Crippen LogP contribution in [0.15, 0.2) is 0 Å². The lowest BCUT2D eigenvalue weighted by atomic mass is 10.0. The van der Waals surface area contributed by atoms with E-state index in [1.54, 1.807) is 0 Å². The van der Waals surface area contributed by atoms with Crippen LogP contribution in [0.25, 0.3) is 0 Å². The molecule has 114 valence electrons. The maximum Gasteiger partial charge on any atom is 0.398 e. The van der Waals surface area contributed by atoms with Gasteiger partial charge in [0.1, 0.15) is 24.4 Å². The lowest BCUT2D eigenvalue weighted by Crippen LogP contribution is -2.58. The summed E-state index contributed by atoms with van der Waals surface area (Å²) in [4.78, 5) is 0. The first-order valence-corrected chi connectivity index (χ1v) is 7.58. The highest BCUT2D eigenvalue weighted by atomic mass is 32.3. The van der Waals surface area contributed by atoms with Crippen molar-refractivity contribution in [1.29, 1.82) is 0 Å². The Balaban J connectivity index is 3.06. The summed E-state index contributed by atoms with van der Waals surface area (Å²) in [6, 6.07) is 0. The van der Waals surface area contributed by atoms with Crippen LogP contribution in [-0.2, 0) is 29.4 Å². The Morgan fingerprint density at radius 3 is 2.00 bits per heavy atom. The SMILES string of the molecule is O=S(=O)(O)OC([C@H]1OC[C@H](O)[C@@H](O)[C@H]1O)S(=O)(=O)O. The molecule has 5 atom stereocenters. The van der Waals surface area contributed by atoms with E-state index in [9.17, 15) is 27.0 Å². The molecule has 0 amide bonds. The summed E-state index contributed by atoms with van der Waals surface area (Å²) in [7, 11) is -10.5. The Bertz CT molecular complexity index is 509. The van der Waals surface area contributed by atoms with Gasteiger partial charge in [-0.1, -0.05) is 0 Å². The van der Waals surface area contributed by atoms with Crippen molar-refractivity contribution in [3.8, 4) is 0 Å². The van der Waals surface area contributed by atoms with Crippen molar-refractivity contribution in [2.45, 2.75) is 29.9 Å². The molecule has 11 nitrogen and oxygen atoms in total. The number of hydrogen-bond donors (Lipinski definition) is 5. The normalized spacial score (nSPS) is 35.0. The predicted octanol–water partition coefficient (Wildman–Crippen LogP) is -3.50. The molecule has 1 aliphatic rings. The molecule has 0 radical (unpaired) electrons. The third-order valence-corrected chi connectivity index (χ3v) is 3.84. The fraction of sp³-hybridized carbons (Fsp3) is 1.00. The van der Waals surface area contributed by atoms with Gasteiger partial charge < -0.3 is 20.1 Å². The van der Waals surface area contributed by atoms with Gasteiger partial charge in [-0.25, -0.2) is 4.18 Å². The number of hydrogen-bond acceptors (Lipinski definition) is 9. The second-order valence-corrected chi connectivity index (χ2v) is 6.30. The zero-order valence-electron chi connectivity index (χ0n) is 9.10. The summed E-state index contributed by atoms with van der Waals surface area (Å²) >= 11 is 0. The average molecular weight is 324 g/mol. The lowest BCUT2D eigenvalue weighted by Gasteiger charge is -2.37. The molecule has 0 aromatic rings. The monoisotopic (exact) mass is 324 g/mol. The van der Waals surface area contributed by atoms with Crippen molar-refractivity contribution < 1.29 is 50.2 Å². The zero-order valence-corrected chi connectivity index (χ0v) is 10.7. The summed E-state index contributed by atoms with van der Waals surface area (Å²) in [6.45, 7) is -0.649. The quantitative estimate of drug-likeness (QED) is 0.323. The fourth-order valence-electron chi connectivity index (χ4n) is 1.46. The van der Waals surface area contributed by atoms with Crippen LogP contribution in [0.5, 0.6) is 0 Å². The molecule has 0 aromatic heterocycles. The summed E-state index contributed by atoms with van der Waals surface area (Å²) in [5.41, 5.74) is -2.69. The van der Waals surface area contributed by atoms with Crippen LogP contribution in [0.4, 0.5) is 0 Å². The molecular weight excluding hydrogens is 312 g/mol. The smallest absolute Gasteiger partial charge is 0.388 e. The largest absolute Gasteiger partial charge is 0.398 e. The Morgan fingerprint density at radius 1 is 1.05 bits per heavy atom. The molecule has 0 aromatic carbocycles. The van der Waals surface area contributed by atoms with Crippen molar-refractivity contribution in [1.82, 2.24) is 0 Å². The van der Waals surface area contributed by atoms with Crippen LogP contribution in [0, 0.1) is 0 Å². The summed E-state index contributed by atoms with van der Waals surface area (Å²) in [5.74, 6) is 0. The molecule has 5 N–H and O–H groups in total. The van der Waals surface area contributed by atoms with Gasteiger partial charge >= 0.3 is 10.4 Å². The van der Waals surface area contributed by atoms with Crippen molar-refractivity contribution in [3.05, 3.63) is 0 Å². The molecule has 1 saturated heterocycles. The minimum Gasteiger partial charge on any atom is -0.388 e. The van der Waals surface area contributed by atoms with Crippen LogP contribution in [0.1, 0.15) is 0 Å². The number of rotatable bonds is 4. The van der Waals surface area contributed by atoms with Crippen molar-refractivity contribution in [2.75, 3.05) is 6.61 Å². The number of ether oxygens (including phenoxy) is 1. The van der Waals surface area contributed by atoms with Crippen LogP contribution >= 0.6 is 0 Å². The maximum atomic E-state index is 11.0. The van der Waals surface area contributed by atoms with E-state index in [4.69, 9.17) is 14.2 Å². The first kappa shape index (κ1) is 16.7. The van der Waals surface area contributed by atoms with Gasteiger partial charge in [0.25, 0.3) is 10.1 Å². The standard InChI is InChI=1S/C6H12O11S2/c7-2-1-16-5(4(9)3(2)8)6(18(10,11)12)17-19(13,14)15/h2-9H,1H2,(H,10,11,12)(H,13,14,15)/t2-,3+,4+,5-,6?/m0/s1. The van der Waals surface area contributed by atoms with Crippen molar-refractivity contribution in [2.24, 2.45) is 0 Å². The third kappa shape index (κ3) is 4.30. The van der Waals surface area contributed by atoms with Crippen LogP contribution < -0.4 is 0 Å². The van der Waals surface area contributed by atoms with Crippen molar-refractivity contribution >= 4 is 20.5 Å². The van der Waals surface area contributed by atoms with E-state index in [0.717, 1.165) is 0 Å². The average Bonchev–Trinajstić information content (AvgIpc) is 2.21. The van der Waals surface area contributed by atoms with Gasteiger partial charge in [-0.05, 0) is 0 Å². The third-order valence-electron chi connectivity index (χ3n) is 2.32. The van der Waals surface area contributed by atoms with Gasteiger partial charge in [-0.15, -0.1) is 0 Å². The van der Waals surface area contributed by atoms with E-state index in [1.165, 1.54) is 0 Å². The Morgan fingerprint density at radius 2 is 1.58 bits per heavy atom. The molecule has 0 saturated carbocycles. The molecule has 0 spiro atoms. The van der Waals surface area contributed by atoms with Gasteiger partial charge in [-0.2, -0.15) is 16.8 Å². The second kappa shape index (κ2) is 5.55. The lowest BCUT2D eigenvalue weighted by molar-refractivity contribution is -0.198. The minimum atomic E-state index is -5.28. The Kier molecular flexibility index (Phi) is 4.87. The predicted molar refractivity (Wildman–Crippen MR) is 55.7 cm³/mol.